The van der Waals surface area contributed by atoms with Crippen molar-refractivity contribution in [3.63, 3.8) is 0 Å². The van der Waals surface area contributed by atoms with Gasteiger partial charge in [0.1, 0.15) is 0 Å². The quantitative estimate of drug-likeness (QED) is 0.775. The summed E-state index contributed by atoms with van der Waals surface area (Å²) in [6.07, 6.45) is 0. The Morgan fingerprint density at radius 3 is 2.06 bits per heavy atom. The first-order chi connectivity index (χ1) is 7.24. The molecule has 0 aromatic heterocycles. The zero-order valence-electron chi connectivity index (χ0n) is 8.31. The summed E-state index contributed by atoms with van der Waals surface area (Å²) in [5.74, 6) is -6.41. The second kappa shape index (κ2) is 3.95. The van der Waals surface area contributed by atoms with Gasteiger partial charge in [0.2, 0.25) is 10.0 Å². The fourth-order valence-corrected chi connectivity index (χ4v) is 1.96. The Morgan fingerprint density at radius 2 is 1.62 bits per heavy atom. The van der Waals surface area contributed by atoms with Gasteiger partial charge in [-0.3, -0.25) is 0 Å². The van der Waals surface area contributed by atoms with E-state index in [4.69, 9.17) is 5.11 Å². The molecule has 90 valence electrons. The third-order valence-corrected chi connectivity index (χ3v) is 3.46. The van der Waals surface area contributed by atoms with Gasteiger partial charge in [0.15, 0.2) is 28.1 Å². The second-order valence-corrected chi connectivity index (χ2v) is 4.78. The topological polar surface area (TPSA) is 66.4 Å². The third kappa shape index (κ3) is 1.74. The molecular formula is C8H8F3NO3S. The van der Waals surface area contributed by atoms with Crippen molar-refractivity contribution in [2.24, 2.45) is 0 Å². The predicted octanol–water partition coefficient (Wildman–Crippen LogP) is 1.03. The number of rotatable bonds is 2. The number of hydrogen-bond donors (Lipinski definition) is 2. The zero-order valence-corrected chi connectivity index (χ0v) is 9.12. The van der Waals surface area contributed by atoms with Crippen molar-refractivity contribution < 1.29 is 26.7 Å². The van der Waals surface area contributed by atoms with Gasteiger partial charge in [0.05, 0.1) is 0 Å². The van der Waals surface area contributed by atoms with Gasteiger partial charge in [-0.25, -0.2) is 26.3 Å². The van der Waals surface area contributed by atoms with E-state index in [0.717, 1.165) is 14.0 Å². The molecule has 0 radical (unpaired) electrons. The third-order valence-electron chi connectivity index (χ3n) is 2.01. The summed E-state index contributed by atoms with van der Waals surface area (Å²) < 4.78 is 63.6. The summed E-state index contributed by atoms with van der Waals surface area (Å²) >= 11 is 0. The number of nitrogens with one attached hydrogen (secondary N) is 1. The minimum Gasteiger partial charge on any atom is -0.504 e. The van der Waals surface area contributed by atoms with Gasteiger partial charge < -0.3 is 5.11 Å². The van der Waals surface area contributed by atoms with E-state index in [1.807, 2.05) is 0 Å². The van der Waals surface area contributed by atoms with Crippen LogP contribution in [-0.4, -0.2) is 20.6 Å². The van der Waals surface area contributed by atoms with Crippen LogP contribution in [0.1, 0.15) is 5.56 Å². The van der Waals surface area contributed by atoms with E-state index < -0.39 is 43.7 Å². The van der Waals surface area contributed by atoms with Crippen LogP contribution in [0.4, 0.5) is 13.2 Å². The van der Waals surface area contributed by atoms with Crippen LogP contribution in [0.3, 0.4) is 0 Å². The van der Waals surface area contributed by atoms with E-state index >= 15 is 0 Å². The number of phenolic OH excluding ortho intramolecular Hbond substituents is 1. The number of sulfonamides is 1. The average molecular weight is 255 g/mol. The monoisotopic (exact) mass is 255 g/mol. The molecule has 0 saturated carbocycles. The van der Waals surface area contributed by atoms with E-state index in [1.54, 1.807) is 4.72 Å². The Balaban J connectivity index is 3.79. The van der Waals surface area contributed by atoms with Crippen molar-refractivity contribution in [2.45, 2.75) is 11.8 Å². The number of hydrogen-bond acceptors (Lipinski definition) is 3. The summed E-state index contributed by atoms with van der Waals surface area (Å²) in [5.41, 5.74) is -0.787. The first kappa shape index (κ1) is 12.8. The van der Waals surface area contributed by atoms with Crippen molar-refractivity contribution in [1.29, 1.82) is 0 Å². The highest BCUT2D eigenvalue weighted by Crippen LogP contribution is 2.32. The summed E-state index contributed by atoms with van der Waals surface area (Å²) in [6.45, 7) is 0.878. The molecule has 0 unspecified atom stereocenters. The molecule has 0 spiro atoms. The lowest BCUT2D eigenvalue weighted by Crippen LogP contribution is -2.21. The molecule has 1 aromatic rings. The molecule has 4 nitrogen and oxygen atoms in total. The van der Waals surface area contributed by atoms with E-state index in [0.29, 0.717) is 0 Å². The molecule has 0 aliphatic rings. The molecule has 2 N–H and O–H groups in total. The molecule has 0 amide bonds. The number of aromatic hydroxyl groups is 1. The molecule has 0 aliphatic carbocycles. The Morgan fingerprint density at radius 1 is 1.12 bits per heavy atom. The van der Waals surface area contributed by atoms with Crippen LogP contribution in [0, 0.1) is 24.4 Å². The average Bonchev–Trinajstić information content (AvgIpc) is 2.23. The van der Waals surface area contributed by atoms with Crippen LogP contribution in [-0.2, 0) is 10.0 Å². The van der Waals surface area contributed by atoms with Gasteiger partial charge in [-0.2, -0.15) is 0 Å². The van der Waals surface area contributed by atoms with Crippen LogP contribution < -0.4 is 4.72 Å². The second-order valence-electron chi connectivity index (χ2n) is 2.95. The van der Waals surface area contributed by atoms with Gasteiger partial charge >= 0.3 is 0 Å². The lowest BCUT2D eigenvalue weighted by molar-refractivity contribution is 0.383. The highest BCUT2D eigenvalue weighted by molar-refractivity contribution is 7.89. The number of phenols is 1. The molecule has 1 aromatic carbocycles. The molecule has 0 fully saturated rings. The van der Waals surface area contributed by atoms with Crippen molar-refractivity contribution in [2.75, 3.05) is 7.05 Å². The van der Waals surface area contributed by atoms with Crippen LogP contribution in [0.25, 0.3) is 0 Å². The van der Waals surface area contributed by atoms with Gasteiger partial charge in [0, 0.05) is 5.56 Å². The smallest absolute Gasteiger partial charge is 0.247 e. The molecule has 0 heterocycles. The summed E-state index contributed by atoms with van der Waals surface area (Å²) in [4.78, 5) is -1.43. The van der Waals surface area contributed by atoms with Crippen molar-refractivity contribution in [3.8, 4) is 5.75 Å². The summed E-state index contributed by atoms with van der Waals surface area (Å²) in [7, 11) is -3.56. The minimum atomic E-state index is -4.48. The first-order valence-corrected chi connectivity index (χ1v) is 5.52. The SMILES string of the molecule is CNS(=O)(=O)c1c(O)c(F)c(C)c(F)c1F. The Hall–Kier alpha value is -1.28. The van der Waals surface area contributed by atoms with Gasteiger partial charge in [-0.1, -0.05) is 0 Å². The number of benzene rings is 1. The first-order valence-electron chi connectivity index (χ1n) is 4.03. The lowest BCUT2D eigenvalue weighted by Gasteiger charge is -2.10. The maximum Gasteiger partial charge on any atom is 0.247 e. The highest BCUT2D eigenvalue weighted by Gasteiger charge is 2.30. The predicted molar refractivity (Wildman–Crippen MR) is 49.0 cm³/mol. The Kier molecular flexibility index (Phi) is 3.15. The maximum atomic E-state index is 13.3. The van der Waals surface area contributed by atoms with E-state index in [9.17, 15) is 21.6 Å². The maximum absolute atomic E-state index is 13.3. The fraction of sp³-hybridized carbons (Fsp3) is 0.250. The molecular weight excluding hydrogens is 247 g/mol. The Bertz CT molecular complexity index is 513. The molecule has 16 heavy (non-hydrogen) atoms. The van der Waals surface area contributed by atoms with Gasteiger partial charge in [0.25, 0.3) is 0 Å². The Labute approximate surface area is 89.8 Å². The lowest BCUT2D eigenvalue weighted by atomic mass is 10.2. The van der Waals surface area contributed by atoms with Crippen LogP contribution in [0.2, 0.25) is 0 Å². The van der Waals surface area contributed by atoms with E-state index in [1.165, 1.54) is 0 Å². The molecule has 8 heteroatoms. The van der Waals surface area contributed by atoms with Crippen LogP contribution in [0.15, 0.2) is 4.90 Å². The highest BCUT2D eigenvalue weighted by atomic mass is 32.2. The van der Waals surface area contributed by atoms with E-state index in [-0.39, 0.29) is 0 Å². The van der Waals surface area contributed by atoms with Gasteiger partial charge in [-0.05, 0) is 14.0 Å². The minimum absolute atomic E-state index is 0.787. The summed E-state index contributed by atoms with van der Waals surface area (Å²) in [6, 6.07) is 0. The number of halogens is 3. The van der Waals surface area contributed by atoms with Crippen molar-refractivity contribution in [3.05, 3.63) is 23.0 Å². The normalized spacial score (nSPS) is 11.8. The van der Waals surface area contributed by atoms with Crippen LogP contribution >= 0.6 is 0 Å². The molecule has 1 rings (SSSR count). The molecule has 0 atom stereocenters. The molecule has 0 saturated heterocycles. The van der Waals surface area contributed by atoms with Gasteiger partial charge in [-0.15, -0.1) is 0 Å². The van der Waals surface area contributed by atoms with E-state index in [2.05, 4.69) is 0 Å². The summed E-state index contributed by atoms with van der Waals surface area (Å²) in [5, 5.41) is 9.15. The standard InChI is InChI=1S/C8H8F3NO3S/c1-3-4(9)6(11)8(7(13)5(3)10)16(14,15)12-2/h12-13H,1-2H3. The fourth-order valence-electron chi connectivity index (χ4n) is 1.09. The molecule has 0 aliphatic heterocycles. The van der Waals surface area contributed by atoms with Crippen LogP contribution in [0.5, 0.6) is 5.75 Å². The molecule has 0 bridgehead atoms. The van der Waals surface area contributed by atoms with Crippen molar-refractivity contribution in [1.82, 2.24) is 4.72 Å². The largest absolute Gasteiger partial charge is 0.504 e. The van der Waals surface area contributed by atoms with Crippen molar-refractivity contribution >= 4 is 10.0 Å². The zero-order chi connectivity index (χ0) is 12.7.